The Hall–Kier alpha value is -2.87. The van der Waals surface area contributed by atoms with E-state index in [0.29, 0.717) is 17.0 Å². The van der Waals surface area contributed by atoms with Crippen LogP contribution in [-0.4, -0.2) is 13.0 Å². The Labute approximate surface area is 121 Å². The molecular weight excluding hydrogens is 271 g/mol. The third-order valence-corrected chi connectivity index (χ3v) is 2.94. The van der Waals surface area contributed by atoms with Crippen LogP contribution in [0.5, 0.6) is 5.75 Å². The van der Waals surface area contributed by atoms with Crippen molar-refractivity contribution in [1.82, 2.24) is 0 Å². The predicted octanol–water partition coefficient (Wildman–Crippen LogP) is 3.27. The monoisotopic (exact) mass is 284 g/mol. The highest BCUT2D eigenvalue weighted by molar-refractivity contribution is 6.06. The van der Waals surface area contributed by atoms with E-state index < -0.39 is 5.82 Å². The van der Waals surface area contributed by atoms with Crippen molar-refractivity contribution in [2.45, 2.75) is 6.92 Å². The Bertz CT molecular complexity index is 736. The predicted molar refractivity (Wildman–Crippen MR) is 76.8 cm³/mol. The van der Waals surface area contributed by atoms with Crippen LogP contribution in [0.3, 0.4) is 0 Å². The lowest BCUT2D eigenvalue weighted by Crippen LogP contribution is -2.13. The Morgan fingerprint density at radius 1 is 1.29 bits per heavy atom. The summed E-state index contributed by atoms with van der Waals surface area (Å²) in [6, 6.07) is 10.8. The number of aryl methyl sites for hydroxylation is 1. The summed E-state index contributed by atoms with van der Waals surface area (Å²) in [5.41, 5.74) is 1.52. The number of nitriles is 1. The topological polar surface area (TPSA) is 62.1 Å². The van der Waals surface area contributed by atoms with Crippen LogP contribution in [0.1, 0.15) is 21.5 Å². The van der Waals surface area contributed by atoms with Crippen LogP contribution in [0.25, 0.3) is 0 Å². The molecule has 2 rings (SSSR count). The van der Waals surface area contributed by atoms with Gasteiger partial charge in [-0.15, -0.1) is 0 Å². The maximum atomic E-state index is 13.2. The Kier molecular flexibility index (Phi) is 4.19. The minimum absolute atomic E-state index is 0.121. The average molecular weight is 284 g/mol. The molecule has 0 atom stereocenters. The van der Waals surface area contributed by atoms with Gasteiger partial charge in [0.05, 0.1) is 18.2 Å². The Morgan fingerprint density at radius 2 is 2.05 bits per heavy atom. The molecule has 1 N–H and O–H groups in total. The fourth-order valence-corrected chi connectivity index (χ4v) is 1.89. The highest BCUT2D eigenvalue weighted by Crippen LogP contribution is 2.22. The molecule has 21 heavy (non-hydrogen) atoms. The minimum Gasteiger partial charge on any atom is -0.496 e. The summed E-state index contributed by atoms with van der Waals surface area (Å²) in [4.78, 5) is 12.3. The standard InChI is InChI=1S/C16H13FN2O2/c1-10-3-6-15(21-2)13(7-10)16(20)19-12-4-5-14(17)11(8-12)9-18/h3-8H,1-2H3,(H,19,20). The number of amides is 1. The van der Waals surface area contributed by atoms with Crippen molar-refractivity contribution in [3.63, 3.8) is 0 Å². The van der Waals surface area contributed by atoms with Crippen molar-refractivity contribution in [2.75, 3.05) is 12.4 Å². The van der Waals surface area contributed by atoms with Gasteiger partial charge in [0.1, 0.15) is 17.6 Å². The molecule has 0 aromatic heterocycles. The van der Waals surface area contributed by atoms with Crippen LogP contribution in [0, 0.1) is 24.1 Å². The molecular formula is C16H13FN2O2. The molecule has 0 saturated heterocycles. The molecule has 2 aromatic rings. The minimum atomic E-state index is -0.622. The number of benzene rings is 2. The summed E-state index contributed by atoms with van der Waals surface area (Å²) < 4.78 is 18.4. The van der Waals surface area contributed by atoms with Gasteiger partial charge in [-0.1, -0.05) is 11.6 Å². The van der Waals surface area contributed by atoms with E-state index in [2.05, 4.69) is 5.32 Å². The van der Waals surface area contributed by atoms with Gasteiger partial charge in [0.25, 0.3) is 5.91 Å². The van der Waals surface area contributed by atoms with Crippen LogP contribution in [0.4, 0.5) is 10.1 Å². The quantitative estimate of drug-likeness (QED) is 0.941. The second-order valence-corrected chi connectivity index (χ2v) is 4.46. The van der Waals surface area contributed by atoms with Crippen molar-refractivity contribution >= 4 is 11.6 Å². The van der Waals surface area contributed by atoms with Gasteiger partial charge in [0.2, 0.25) is 0 Å². The van der Waals surface area contributed by atoms with E-state index in [4.69, 9.17) is 10.00 Å². The van der Waals surface area contributed by atoms with Crippen molar-refractivity contribution in [3.8, 4) is 11.8 Å². The van der Waals surface area contributed by atoms with Gasteiger partial charge in [-0.2, -0.15) is 5.26 Å². The zero-order chi connectivity index (χ0) is 15.4. The van der Waals surface area contributed by atoms with Crippen LogP contribution >= 0.6 is 0 Å². The first-order chi connectivity index (χ1) is 10.0. The summed E-state index contributed by atoms with van der Waals surface area (Å²) in [5.74, 6) is -0.560. The van der Waals surface area contributed by atoms with Crippen LogP contribution < -0.4 is 10.1 Å². The Balaban J connectivity index is 2.30. The van der Waals surface area contributed by atoms with Crippen molar-refractivity contribution in [3.05, 3.63) is 58.9 Å². The molecule has 4 nitrogen and oxygen atoms in total. The molecule has 0 aliphatic rings. The second kappa shape index (κ2) is 6.06. The van der Waals surface area contributed by atoms with Crippen LogP contribution in [0.2, 0.25) is 0 Å². The lowest BCUT2D eigenvalue weighted by atomic mass is 10.1. The molecule has 0 fully saturated rings. The number of halogens is 1. The lowest BCUT2D eigenvalue weighted by molar-refractivity contribution is 0.102. The zero-order valence-corrected chi connectivity index (χ0v) is 11.6. The summed E-state index contributed by atoms with van der Waals surface area (Å²) >= 11 is 0. The average Bonchev–Trinajstić information content (AvgIpc) is 2.49. The van der Waals surface area contributed by atoms with Gasteiger partial charge in [-0.25, -0.2) is 4.39 Å². The first kappa shape index (κ1) is 14.5. The second-order valence-electron chi connectivity index (χ2n) is 4.46. The summed E-state index contributed by atoms with van der Waals surface area (Å²) in [6.07, 6.45) is 0. The molecule has 0 saturated carbocycles. The molecule has 5 heteroatoms. The molecule has 0 aliphatic carbocycles. The van der Waals surface area contributed by atoms with E-state index in [1.807, 2.05) is 13.0 Å². The summed E-state index contributed by atoms with van der Waals surface area (Å²) in [5, 5.41) is 11.4. The molecule has 0 bridgehead atoms. The van der Waals surface area contributed by atoms with E-state index in [9.17, 15) is 9.18 Å². The normalized spacial score (nSPS) is 9.81. The lowest BCUT2D eigenvalue weighted by Gasteiger charge is -2.10. The number of nitrogens with zero attached hydrogens (tertiary/aromatic N) is 1. The molecule has 106 valence electrons. The van der Waals surface area contributed by atoms with Crippen LogP contribution in [0.15, 0.2) is 36.4 Å². The first-order valence-electron chi connectivity index (χ1n) is 6.21. The number of hydrogen-bond acceptors (Lipinski definition) is 3. The smallest absolute Gasteiger partial charge is 0.259 e. The van der Waals surface area contributed by atoms with Crippen molar-refractivity contribution in [1.29, 1.82) is 5.26 Å². The molecule has 0 aliphatic heterocycles. The number of anilines is 1. The maximum absolute atomic E-state index is 13.2. The number of nitrogens with one attached hydrogen (secondary N) is 1. The number of methoxy groups -OCH3 is 1. The highest BCUT2D eigenvalue weighted by atomic mass is 19.1. The zero-order valence-electron chi connectivity index (χ0n) is 11.6. The molecule has 0 unspecified atom stereocenters. The summed E-state index contributed by atoms with van der Waals surface area (Å²) in [6.45, 7) is 1.86. The number of rotatable bonds is 3. The molecule has 0 spiro atoms. The van der Waals surface area contributed by atoms with Gasteiger partial charge in [0, 0.05) is 5.69 Å². The number of carbonyl (C=O) groups excluding carboxylic acids is 1. The van der Waals surface area contributed by atoms with E-state index in [0.717, 1.165) is 11.6 Å². The first-order valence-corrected chi connectivity index (χ1v) is 6.21. The van der Waals surface area contributed by atoms with Gasteiger partial charge in [0.15, 0.2) is 0 Å². The number of hydrogen-bond donors (Lipinski definition) is 1. The molecule has 0 heterocycles. The SMILES string of the molecule is COc1ccc(C)cc1C(=O)Nc1ccc(F)c(C#N)c1. The molecule has 2 aromatic carbocycles. The highest BCUT2D eigenvalue weighted by Gasteiger charge is 2.13. The van der Waals surface area contributed by atoms with Gasteiger partial charge in [-0.3, -0.25) is 4.79 Å². The fraction of sp³-hybridized carbons (Fsp3) is 0.125. The van der Waals surface area contributed by atoms with Crippen molar-refractivity contribution < 1.29 is 13.9 Å². The van der Waals surface area contributed by atoms with Crippen molar-refractivity contribution in [2.24, 2.45) is 0 Å². The van der Waals surface area contributed by atoms with Crippen LogP contribution in [-0.2, 0) is 0 Å². The Morgan fingerprint density at radius 3 is 2.71 bits per heavy atom. The van der Waals surface area contributed by atoms with Gasteiger partial charge in [-0.05, 0) is 37.3 Å². The third-order valence-electron chi connectivity index (χ3n) is 2.94. The van der Waals surface area contributed by atoms with Gasteiger partial charge < -0.3 is 10.1 Å². The molecule has 1 amide bonds. The fourth-order valence-electron chi connectivity index (χ4n) is 1.89. The third kappa shape index (κ3) is 3.18. The van der Waals surface area contributed by atoms with E-state index in [1.165, 1.54) is 19.2 Å². The summed E-state index contributed by atoms with van der Waals surface area (Å²) in [7, 11) is 1.48. The maximum Gasteiger partial charge on any atom is 0.259 e. The largest absolute Gasteiger partial charge is 0.496 e. The van der Waals surface area contributed by atoms with E-state index in [1.54, 1.807) is 18.2 Å². The number of ether oxygens (including phenoxy) is 1. The molecule has 0 radical (unpaired) electrons. The van der Waals surface area contributed by atoms with Gasteiger partial charge >= 0.3 is 0 Å². The number of carbonyl (C=O) groups is 1. The van der Waals surface area contributed by atoms with E-state index >= 15 is 0 Å². The van der Waals surface area contributed by atoms with E-state index in [-0.39, 0.29) is 11.5 Å².